The Balaban J connectivity index is 1.58. The van der Waals surface area contributed by atoms with Crippen LogP contribution < -0.4 is 4.74 Å². The van der Waals surface area contributed by atoms with E-state index in [1.807, 2.05) is 17.8 Å². The molecule has 4 atom stereocenters. The van der Waals surface area contributed by atoms with Gasteiger partial charge in [-0.2, -0.15) is 11.8 Å². The average Bonchev–Trinajstić information content (AvgIpc) is 3.03. The van der Waals surface area contributed by atoms with Crippen LogP contribution in [0.25, 0.3) is 0 Å². The van der Waals surface area contributed by atoms with Crippen LogP contribution in [0.2, 0.25) is 0 Å². The number of nitrogens with zero attached hydrogens (tertiary/aromatic N) is 1. The quantitative estimate of drug-likeness (QED) is 0.581. The van der Waals surface area contributed by atoms with Gasteiger partial charge in [0.15, 0.2) is 0 Å². The van der Waals surface area contributed by atoms with Crippen molar-refractivity contribution in [2.75, 3.05) is 38.2 Å². The zero-order chi connectivity index (χ0) is 18.5. The fourth-order valence-electron chi connectivity index (χ4n) is 4.12. The summed E-state index contributed by atoms with van der Waals surface area (Å²) in [4.78, 5) is 14.2. The van der Waals surface area contributed by atoms with Crippen LogP contribution in [-0.4, -0.2) is 66.4 Å². The first kappa shape index (κ1) is 19.5. The highest BCUT2D eigenvalue weighted by atomic mass is 32.2. The van der Waals surface area contributed by atoms with Gasteiger partial charge in [0.05, 0.1) is 18.8 Å². The Labute approximate surface area is 160 Å². The molecular weight excluding hydrogens is 350 g/mol. The first-order valence-corrected chi connectivity index (χ1v) is 10.6. The second kappa shape index (κ2) is 9.11. The molecule has 1 saturated heterocycles. The predicted octanol–water partition coefficient (Wildman–Crippen LogP) is 2.68. The molecule has 3 rings (SSSR count). The topological polar surface area (TPSA) is 59.0 Å². The summed E-state index contributed by atoms with van der Waals surface area (Å²) in [6.07, 6.45) is 0.993. The van der Waals surface area contributed by atoms with Gasteiger partial charge in [-0.25, -0.2) is 4.79 Å². The van der Waals surface area contributed by atoms with Crippen molar-refractivity contribution >= 4 is 17.7 Å². The highest BCUT2D eigenvalue weighted by Gasteiger charge is 2.42. The molecule has 0 radical (unpaired) electrons. The van der Waals surface area contributed by atoms with Gasteiger partial charge in [0, 0.05) is 25.4 Å². The minimum absolute atomic E-state index is 0.214. The molecule has 0 amide bonds. The highest BCUT2D eigenvalue weighted by Crippen LogP contribution is 2.38. The van der Waals surface area contributed by atoms with Crippen LogP contribution in [0, 0.1) is 11.8 Å². The summed E-state index contributed by atoms with van der Waals surface area (Å²) in [7, 11) is 1.37. The van der Waals surface area contributed by atoms with Crippen molar-refractivity contribution in [2.45, 2.75) is 32.0 Å². The number of fused-ring (bicyclic) bond motifs is 1. The number of benzene rings is 1. The Hall–Kier alpha value is -1.24. The molecular formula is C20H29NO4S. The Kier molecular flexibility index (Phi) is 6.84. The average molecular weight is 380 g/mol. The molecule has 1 N–H and O–H groups in total. The number of esters is 1. The normalized spacial score (nSPS) is 28.6. The largest absolute Gasteiger partial charge is 0.488 e. The van der Waals surface area contributed by atoms with E-state index in [0.29, 0.717) is 23.1 Å². The van der Waals surface area contributed by atoms with Crippen LogP contribution in [0.4, 0.5) is 0 Å². The van der Waals surface area contributed by atoms with Crippen molar-refractivity contribution in [3.8, 4) is 5.75 Å². The second-order valence-electron chi connectivity index (χ2n) is 7.19. The van der Waals surface area contributed by atoms with Crippen molar-refractivity contribution in [3.05, 3.63) is 29.8 Å². The summed E-state index contributed by atoms with van der Waals surface area (Å²) in [5, 5.41) is 10.6. The van der Waals surface area contributed by atoms with Crippen molar-refractivity contribution in [1.29, 1.82) is 0 Å². The Morgan fingerprint density at radius 1 is 1.31 bits per heavy atom. The highest BCUT2D eigenvalue weighted by molar-refractivity contribution is 7.99. The number of rotatable bonds is 7. The van der Waals surface area contributed by atoms with Crippen LogP contribution in [0.3, 0.4) is 0 Å². The number of ether oxygens (including phenoxy) is 2. The number of carbonyl (C=O) groups excluding carboxylic acids is 1. The maximum absolute atomic E-state index is 11.7. The molecule has 2 aliphatic rings. The summed E-state index contributed by atoms with van der Waals surface area (Å²) in [5.41, 5.74) is 0.466. The lowest BCUT2D eigenvalue weighted by atomic mass is 9.78. The van der Waals surface area contributed by atoms with Gasteiger partial charge < -0.3 is 19.5 Å². The summed E-state index contributed by atoms with van der Waals surface area (Å²) >= 11 is 1.98. The van der Waals surface area contributed by atoms with Crippen LogP contribution >= 0.6 is 11.8 Å². The second-order valence-corrected chi connectivity index (χ2v) is 8.58. The molecule has 2 fully saturated rings. The van der Waals surface area contributed by atoms with Gasteiger partial charge in [0.2, 0.25) is 0 Å². The zero-order valence-electron chi connectivity index (χ0n) is 15.6. The Morgan fingerprint density at radius 2 is 2.08 bits per heavy atom. The molecule has 1 heterocycles. The molecule has 0 aromatic heterocycles. The Morgan fingerprint density at radius 3 is 2.81 bits per heavy atom. The molecule has 1 aromatic carbocycles. The van der Waals surface area contributed by atoms with Gasteiger partial charge in [0.1, 0.15) is 11.9 Å². The molecule has 0 bridgehead atoms. The van der Waals surface area contributed by atoms with Gasteiger partial charge >= 0.3 is 5.97 Å². The van der Waals surface area contributed by atoms with E-state index in [9.17, 15) is 9.90 Å². The molecule has 144 valence electrons. The fraction of sp³-hybridized carbons (Fsp3) is 0.650. The number of hydrogen-bond acceptors (Lipinski definition) is 6. The first-order valence-electron chi connectivity index (χ1n) is 9.44. The maximum atomic E-state index is 11.7. The van der Waals surface area contributed by atoms with E-state index in [1.54, 1.807) is 18.2 Å². The number of carbonyl (C=O) groups is 1. The van der Waals surface area contributed by atoms with Gasteiger partial charge in [-0.05, 0) is 48.6 Å². The summed E-state index contributed by atoms with van der Waals surface area (Å²) in [5.74, 6) is 3.73. The van der Waals surface area contributed by atoms with E-state index in [0.717, 1.165) is 32.5 Å². The standard InChI is InChI=1S/C20H29NO4S/c1-3-26-8-7-21-12-15-10-18(22)19(11-16(15)13-21)25-17-6-4-5-14(9-17)20(23)24-2/h4-6,9,15-16,18-19,22H,3,7-8,10-13H2,1-2H3/t15-,16+,18+,19+/m0/s1. The van der Waals surface area contributed by atoms with E-state index in [4.69, 9.17) is 9.47 Å². The van der Waals surface area contributed by atoms with Crippen LogP contribution in [0.5, 0.6) is 5.75 Å². The number of methoxy groups -OCH3 is 1. The molecule has 1 aromatic rings. The maximum Gasteiger partial charge on any atom is 0.337 e. The first-order chi connectivity index (χ1) is 12.6. The third-order valence-corrected chi connectivity index (χ3v) is 6.34. The van der Waals surface area contributed by atoms with Gasteiger partial charge in [-0.1, -0.05) is 13.0 Å². The molecule has 1 aliphatic carbocycles. The minimum Gasteiger partial charge on any atom is -0.488 e. The predicted molar refractivity (Wildman–Crippen MR) is 104 cm³/mol. The molecule has 0 spiro atoms. The zero-order valence-corrected chi connectivity index (χ0v) is 16.4. The van der Waals surface area contributed by atoms with E-state index < -0.39 is 6.10 Å². The lowest BCUT2D eigenvalue weighted by Gasteiger charge is -2.35. The third kappa shape index (κ3) is 4.72. The van der Waals surface area contributed by atoms with Crippen molar-refractivity contribution in [3.63, 3.8) is 0 Å². The Bertz CT molecular complexity index is 611. The fourth-order valence-corrected chi connectivity index (χ4v) is 4.80. The lowest BCUT2D eigenvalue weighted by molar-refractivity contribution is -0.0231. The lowest BCUT2D eigenvalue weighted by Crippen LogP contribution is -2.42. The van der Waals surface area contributed by atoms with Crippen LogP contribution in [-0.2, 0) is 4.74 Å². The number of likely N-dealkylation sites (tertiary alicyclic amines) is 1. The number of thioether (sulfide) groups is 1. The molecule has 26 heavy (non-hydrogen) atoms. The van der Waals surface area contributed by atoms with Crippen molar-refractivity contribution in [2.24, 2.45) is 11.8 Å². The smallest absolute Gasteiger partial charge is 0.337 e. The van der Waals surface area contributed by atoms with E-state index >= 15 is 0 Å². The molecule has 1 saturated carbocycles. The van der Waals surface area contributed by atoms with Crippen molar-refractivity contribution in [1.82, 2.24) is 4.90 Å². The van der Waals surface area contributed by atoms with Gasteiger partial charge in [-0.15, -0.1) is 0 Å². The van der Waals surface area contributed by atoms with Crippen LogP contribution in [0.1, 0.15) is 30.1 Å². The molecule has 6 heteroatoms. The SMILES string of the molecule is CCSCCN1C[C@H]2C[C@@H](Oc3cccc(C(=O)OC)c3)[C@H](O)C[C@H]2C1. The monoisotopic (exact) mass is 379 g/mol. The number of aliphatic hydroxyl groups excluding tert-OH is 1. The number of hydrogen-bond donors (Lipinski definition) is 1. The molecule has 1 aliphatic heterocycles. The summed E-state index contributed by atoms with van der Waals surface area (Å²) in [6.45, 7) is 5.52. The van der Waals surface area contributed by atoms with E-state index in [2.05, 4.69) is 11.8 Å². The van der Waals surface area contributed by atoms with Crippen LogP contribution in [0.15, 0.2) is 24.3 Å². The van der Waals surface area contributed by atoms with E-state index in [1.165, 1.54) is 18.6 Å². The summed E-state index contributed by atoms with van der Waals surface area (Å²) in [6, 6.07) is 7.00. The summed E-state index contributed by atoms with van der Waals surface area (Å²) < 4.78 is 10.8. The van der Waals surface area contributed by atoms with Crippen molar-refractivity contribution < 1.29 is 19.4 Å². The van der Waals surface area contributed by atoms with E-state index in [-0.39, 0.29) is 12.1 Å². The minimum atomic E-state index is -0.456. The molecule has 5 nitrogen and oxygen atoms in total. The third-order valence-electron chi connectivity index (χ3n) is 5.46. The van der Waals surface area contributed by atoms with Gasteiger partial charge in [0.25, 0.3) is 0 Å². The number of aliphatic hydroxyl groups is 1. The van der Waals surface area contributed by atoms with Gasteiger partial charge in [-0.3, -0.25) is 0 Å². The molecule has 0 unspecified atom stereocenters.